The highest BCUT2D eigenvalue weighted by molar-refractivity contribution is 9.10. The van der Waals surface area contributed by atoms with Crippen LogP contribution in [0.4, 0.5) is 10.1 Å². The van der Waals surface area contributed by atoms with Crippen LogP contribution in [0.5, 0.6) is 5.75 Å². The van der Waals surface area contributed by atoms with E-state index in [1.807, 2.05) is 13.0 Å². The van der Waals surface area contributed by atoms with Gasteiger partial charge in [-0.15, -0.1) is 0 Å². The Morgan fingerprint density at radius 1 is 1.26 bits per heavy atom. The Morgan fingerprint density at radius 2 is 2.00 bits per heavy atom. The molecule has 2 nitrogen and oxygen atoms in total. The summed E-state index contributed by atoms with van der Waals surface area (Å²) in [7, 11) is 0. The molecule has 0 aliphatic rings. The number of nitrogen functional groups attached to an aromatic ring is 1. The Hall–Kier alpha value is -1.07. The topological polar surface area (TPSA) is 35.2 Å². The van der Waals surface area contributed by atoms with Gasteiger partial charge in [0.15, 0.2) is 0 Å². The van der Waals surface area contributed by atoms with Gasteiger partial charge in [-0.25, -0.2) is 4.39 Å². The highest BCUT2D eigenvalue weighted by Crippen LogP contribution is 2.31. The lowest BCUT2D eigenvalue weighted by Gasteiger charge is -2.13. The lowest BCUT2D eigenvalue weighted by Crippen LogP contribution is -2.02. The summed E-state index contributed by atoms with van der Waals surface area (Å²) in [5.41, 5.74) is 8.14. The fourth-order valence-corrected chi connectivity index (χ4v) is 2.73. The van der Waals surface area contributed by atoms with Crippen molar-refractivity contribution in [1.29, 1.82) is 0 Å². The van der Waals surface area contributed by atoms with Crippen LogP contribution >= 0.6 is 31.9 Å². The largest absolute Gasteiger partial charge is 0.486 e. The van der Waals surface area contributed by atoms with Crippen molar-refractivity contribution in [2.24, 2.45) is 0 Å². The normalized spacial score (nSPS) is 10.5. The maximum Gasteiger partial charge on any atom is 0.145 e. The van der Waals surface area contributed by atoms with E-state index in [4.69, 9.17) is 10.5 Å². The number of benzene rings is 2. The Kier molecular flexibility index (Phi) is 4.47. The van der Waals surface area contributed by atoms with Crippen LogP contribution < -0.4 is 10.5 Å². The van der Waals surface area contributed by atoms with Crippen LogP contribution in [0, 0.1) is 12.7 Å². The first kappa shape index (κ1) is 14.3. The molecule has 0 bridgehead atoms. The highest BCUT2D eigenvalue weighted by Gasteiger charge is 2.09. The molecule has 0 atom stereocenters. The van der Waals surface area contributed by atoms with Crippen molar-refractivity contribution in [2.45, 2.75) is 13.5 Å². The van der Waals surface area contributed by atoms with Crippen molar-refractivity contribution >= 4 is 37.5 Å². The molecule has 0 fully saturated rings. The quantitative estimate of drug-likeness (QED) is 0.765. The van der Waals surface area contributed by atoms with E-state index in [2.05, 4.69) is 31.9 Å². The first-order chi connectivity index (χ1) is 8.99. The lowest BCUT2D eigenvalue weighted by molar-refractivity contribution is 0.304. The molecule has 2 aromatic carbocycles. The van der Waals surface area contributed by atoms with Crippen molar-refractivity contribution in [3.8, 4) is 5.75 Å². The molecule has 2 aromatic rings. The number of ether oxygens (including phenoxy) is 1. The zero-order valence-electron chi connectivity index (χ0n) is 10.2. The Bertz CT molecular complexity index is 593. The first-order valence-corrected chi connectivity index (χ1v) is 7.19. The number of rotatable bonds is 3. The molecule has 2 N–H and O–H groups in total. The summed E-state index contributed by atoms with van der Waals surface area (Å²) in [5.74, 6) is 0.320. The van der Waals surface area contributed by atoms with Gasteiger partial charge in [-0.2, -0.15) is 0 Å². The molecule has 0 unspecified atom stereocenters. The van der Waals surface area contributed by atoms with E-state index in [1.165, 1.54) is 6.07 Å². The minimum Gasteiger partial charge on any atom is -0.486 e. The van der Waals surface area contributed by atoms with Gasteiger partial charge in [0, 0.05) is 10.0 Å². The number of aryl methyl sites for hydroxylation is 1. The maximum absolute atomic E-state index is 13.4. The van der Waals surface area contributed by atoms with Crippen LogP contribution in [-0.4, -0.2) is 0 Å². The summed E-state index contributed by atoms with van der Waals surface area (Å²) in [5, 5.41) is 0. The lowest BCUT2D eigenvalue weighted by atomic mass is 10.2. The zero-order valence-corrected chi connectivity index (χ0v) is 13.4. The van der Waals surface area contributed by atoms with Gasteiger partial charge in [-0.05, 0) is 46.6 Å². The van der Waals surface area contributed by atoms with E-state index in [1.54, 1.807) is 18.2 Å². The molecule has 0 amide bonds. The first-order valence-electron chi connectivity index (χ1n) is 5.60. The molecular weight excluding hydrogens is 377 g/mol. The molecule has 0 radical (unpaired) electrons. The fraction of sp³-hybridized carbons (Fsp3) is 0.143. The van der Waals surface area contributed by atoms with Crippen molar-refractivity contribution < 1.29 is 9.13 Å². The van der Waals surface area contributed by atoms with Crippen molar-refractivity contribution in [2.75, 3.05) is 5.73 Å². The third kappa shape index (κ3) is 3.28. The summed E-state index contributed by atoms with van der Waals surface area (Å²) < 4.78 is 20.4. The number of hydrogen-bond acceptors (Lipinski definition) is 2. The molecule has 2 rings (SSSR count). The Balaban J connectivity index is 2.22. The van der Waals surface area contributed by atoms with E-state index in [0.29, 0.717) is 15.9 Å². The van der Waals surface area contributed by atoms with Crippen LogP contribution in [0.15, 0.2) is 39.3 Å². The molecule has 0 aliphatic carbocycles. The average Bonchev–Trinajstić information content (AvgIpc) is 2.33. The van der Waals surface area contributed by atoms with Gasteiger partial charge in [-0.1, -0.05) is 28.1 Å². The Labute approximate surface area is 128 Å². The van der Waals surface area contributed by atoms with Gasteiger partial charge in [0.2, 0.25) is 0 Å². The van der Waals surface area contributed by atoms with E-state index in [-0.39, 0.29) is 12.4 Å². The predicted octanol–water partition coefficient (Wildman–Crippen LogP) is 4.82. The smallest absolute Gasteiger partial charge is 0.145 e. The monoisotopic (exact) mass is 387 g/mol. The standard InChI is InChI=1S/C14H12Br2FNO/c1-8-5-10(15)6-12(18)14(8)19-7-9-3-2-4-11(17)13(9)16/h2-6H,7,18H2,1H3. The third-order valence-electron chi connectivity index (χ3n) is 2.67. The van der Waals surface area contributed by atoms with E-state index in [9.17, 15) is 4.39 Å². The second-order valence-corrected chi connectivity index (χ2v) is 5.85. The van der Waals surface area contributed by atoms with E-state index in [0.717, 1.165) is 15.6 Å². The summed E-state index contributed by atoms with van der Waals surface area (Å²) in [6.07, 6.45) is 0. The zero-order chi connectivity index (χ0) is 14.0. The molecular formula is C14H12Br2FNO. The molecule has 0 aromatic heterocycles. The minimum atomic E-state index is -0.304. The van der Waals surface area contributed by atoms with E-state index >= 15 is 0 Å². The van der Waals surface area contributed by atoms with Gasteiger partial charge in [0.05, 0.1) is 10.2 Å². The molecule has 0 saturated carbocycles. The number of halogens is 3. The van der Waals surface area contributed by atoms with Crippen molar-refractivity contribution in [1.82, 2.24) is 0 Å². The molecule has 0 spiro atoms. The second kappa shape index (κ2) is 5.92. The molecule has 19 heavy (non-hydrogen) atoms. The van der Waals surface area contributed by atoms with Crippen LogP contribution in [0.1, 0.15) is 11.1 Å². The number of nitrogens with two attached hydrogens (primary N) is 1. The maximum atomic E-state index is 13.4. The second-order valence-electron chi connectivity index (χ2n) is 4.14. The van der Waals surface area contributed by atoms with Gasteiger partial charge in [-0.3, -0.25) is 0 Å². The predicted molar refractivity (Wildman–Crippen MR) is 81.7 cm³/mol. The number of hydrogen-bond donors (Lipinski definition) is 1. The SMILES string of the molecule is Cc1cc(Br)cc(N)c1OCc1cccc(F)c1Br. The third-order valence-corrected chi connectivity index (χ3v) is 4.02. The van der Waals surface area contributed by atoms with Crippen molar-refractivity contribution in [3.63, 3.8) is 0 Å². The van der Waals surface area contributed by atoms with Crippen LogP contribution in [-0.2, 0) is 6.61 Å². The fourth-order valence-electron chi connectivity index (χ4n) is 1.76. The summed E-state index contributed by atoms with van der Waals surface area (Å²) in [6.45, 7) is 2.17. The Morgan fingerprint density at radius 3 is 2.68 bits per heavy atom. The van der Waals surface area contributed by atoms with Gasteiger partial charge in [0.1, 0.15) is 18.2 Å². The van der Waals surface area contributed by atoms with E-state index < -0.39 is 0 Å². The van der Waals surface area contributed by atoms with Crippen LogP contribution in [0.3, 0.4) is 0 Å². The molecule has 0 aliphatic heterocycles. The van der Waals surface area contributed by atoms with Crippen LogP contribution in [0.25, 0.3) is 0 Å². The van der Waals surface area contributed by atoms with Gasteiger partial charge >= 0.3 is 0 Å². The summed E-state index contributed by atoms with van der Waals surface area (Å²) in [6, 6.07) is 8.55. The van der Waals surface area contributed by atoms with Crippen molar-refractivity contribution in [3.05, 3.63) is 56.2 Å². The van der Waals surface area contributed by atoms with Gasteiger partial charge < -0.3 is 10.5 Å². The van der Waals surface area contributed by atoms with Crippen LogP contribution in [0.2, 0.25) is 0 Å². The summed E-state index contributed by atoms with van der Waals surface area (Å²) in [4.78, 5) is 0. The van der Waals surface area contributed by atoms with Gasteiger partial charge in [0.25, 0.3) is 0 Å². The molecule has 100 valence electrons. The molecule has 5 heteroatoms. The highest BCUT2D eigenvalue weighted by atomic mass is 79.9. The minimum absolute atomic E-state index is 0.255. The average molecular weight is 389 g/mol. The molecule has 0 heterocycles. The number of anilines is 1. The molecule has 0 saturated heterocycles. The summed E-state index contributed by atoms with van der Waals surface area (Å²) >= 11 is 6.58.